The first-order chi connectivity index (χ1) is 9.56. The zero-order chi connectivity index (χ0) is 14.5. The van der Waals surface area contributed by atoms with E-state index in [1.54, 1.807) is 24.3 Å². The van der Waals surface area contributed by atoms with E-state index < -0.39 is 12.0 Å². The number of ether oxygens (including phenoxy) is 1. The lowest BCUT2D eigenvalue weighted by Crippen LogP contribution is -2.20. The van der Waals surface area contributed by atoms with Crippen LogP contribution in [0.4, 0.5) is 8.78 Å². The average molecular weight is 277 g/mol. The van der Waals surface area contributed by atoms with Gasteiger partial charge in [-0.1, -0.05) is 24.3 Å². The molecule has 2 aromatic carbocycles. The molecule has 0 radical (unpaired) electrons. The predicted octanol–water partition coefficient (Wildman–Crippen LogP) is 2.56. The van der Waals surface area contributed by atoms with Gasteiger partial charge in [-0.3, -0.25) is 4.79 Å². The van der Waals surface area contributed by atoms with Crippen LogP contribution in [0.15, 0.2) is 48.5 Å². The van der Waals surface area contributed by atoms with Crippen molar-refractivity contribution in [2.45, 2.75) is 6.10 Å². The Kier molecular flexibility index (Phi) is 4.42. The second kappa shape index (κ2) is 6.25. The van der Waals surface area contributed by atoms with Crippen molar-refractivity contribution in [2.75, 3.05) is 6.61 Å². The SMILES string of the molecule is NC(=O)COC(c1ccc(F)cc1)c1ccc(F)cc1. The molecule has 0 bridgehead atoms. The summed E-state index contributed by atoms with van der Waals surface area (Å²) in [5, 5.41) is 0. The maximum Gasteiger partial charge on any atom is 0.243 e. The lowest BCUT2D eigenvalue weighted by atomic mass is 10.0. The number of primary amides is 1. The zero-order valence-corrected chi connectivity index (χ0v) is 10.6. The van der Waals surface area contributed by atoms with Gasteiger partial charge < -0.3 is 10.5 Å². The highest BCUT2D eigenvalue weighted by molar-refractivity contribution is 5.75. The number of nitrogens with two attached hydrogens (primary N) is 1. The molecule has 0 saturated heterocycles. The van der Waals surface area contributed by atoms with Crippen molar-refractivity contribution in [1.82, 2.24) is 0 Å². The van der Waals surface area contributed by atoms with Crippen molar-refractivity contribution in [1.29, 1.82) is 0 Å². The topological polar surface area (TPSA) is 52.3 Å². The minimum atomic E-state index is -0.612. The molecule has 0 heterocycles. The zero-order valence-electron chi connectivity index (χ0n) is 10.6. The normalized spacial score (nSPS) is 10.8. The Bertz CT molecular complexity index is 536. The van der Waals surface area contributed by atoms with Gasteiger partial charge in [-0.2, -0.15) is 0 Å². The highest BCUT2D eigenvalue weighted by Gasteiger charge is 2.16. The van der Waals surface area contributed by atoms with Gasteiger partial charge in [0.1, 0.15) is 24.3 Å². The molecule has 104 valence electrons. The minimum Gasteiger partial charge on any atom is -0.368 e. The summed E-state index contributed by atoms with van der Waals surface area (Å²) < 4.78 is 31.3. The Balaban J connectivity index is 2.30. The number of amides is 1. The molecule has 5 heteroatoms. The Morgan fingerprint density at radius 2 is 1.35 bits per heavy atom. The summed E-state index contributed by atoms with van der Waals surface area (Å²) in [4.78, 5) is 10.9. The van der Waals surface area contributed by atoms with Crippen LogP contribution in [0.2, 0.25) is 0 Å². The van der Waals surface area contributed by atoms with E-state index in [0.29, 0.717) is 11.1 Å². The van der Waals surface area contributed by atoms with Crippen molar-refractivity contribution < 1.29 is 18.3 Å². The van der Waals surface area contributed by atoms with Gasteiger partial charge in [0.15, 0.2) is 0 Å². The smallest absolute Gasteiger partial charge is 0.243 e. The summed E-state index contributed by atoms with van der Waals surface area (Å²) in [6.07, 6.45) is -0.608. The third kappa shape index (κ3) is 3.61. The van der Waals surface area contributed by atoms with Crippen molar-refractivity contribution in [2.24, 2.45) is 5.73 Å². The van der Waals surface area contributed by atoms with Crippen molar-refractivity contribution >= 4 is 5.91 Å². The molecule has 0 aliphatic heterocycles. The Hall–Kier alpha value is -2.27. The van der Waals surface area contributed by atoms with E-state index in [2.05, 4.69) is 0 Å². The van der Waals surface area contributed by atoms with Crippen LogP contribution in [0.1, 0.15) is 17.2 Å². The van der Waals surface area contributed by atoms with Gasteiger partial charge in [0, 0.05) is 0 Å². The fourth-order valence-electron chi connectivity index (χ4n) is 1.83. The third-order valence-corrected chi connectivity index (χ3v) is 2.74. The molecule has 0 unspecified atom stereocenters. The van der Waals surface area contributed by atoms with Gasteiger partial charge in [-0.15, -0.1) is 0 Å². The first-order valence-corrected chi connectivity index (χ1v) is 5.97. The standard InChI is InChI=1S/C15H13F2NO2/c16-12-5-1-10(2-6-12)15(20-9-14(18)19)11-3-7-13(17)8-4-11/h1-8,15H,9H2,(H2,18,19). The first kappa shape index (κ1) is 14.1. The van der Waals surface area contributed by atoms with E-state index in [1.807, 2.05) is 0 Å². The van der Waals surface area contributed by atoms with Gasteiger partial charge in [0.2, 0.25) is 5.91 Å². The van der Waals surface area contributed by atoms with Crippen LogP contribution < -0.4 is 5.73 Å². The molecule has 0 fully saturated rings. The number of benzene rings is 2. The summed E-state index contributed by atoms with van der Waals surface area (Å²) in [6.45, 7) is -0.278. The molecular weight excluding hydrogens is 264 g/mol. The van der Waals surface area contributed by atoms with E-state index in [-0.39, 0.29) is 18.2 Å². The molecule has 1 amide bonds. The quantitative estimate of drug-likeness (QED) is 0.913. The van der Waals surface area contributed by atoms with Gasteiger partial charge in [0.25, 0.3) is 0 Å². The fourth-order valence-corrected chi connectivity index (χ4v) is 1.83. The van der Waals surface area contributed by atoms with E-state index in [9.17, 15) is 13.6 Å². The molecular formula is C15H13F2NO2. The maximum atomic E-state index is 13.0. The fraction of sp³-hybridized carbons (Fsp3) is 0.133. The number of halogens is 2. The van der Waals surface area contributed by atoms with Gasteiger partial charge in [0.05, 0.1) is 0 Å². The number of hydrogen-bond donors (Lipinski definition) is 1. The number of rotatable bonds is 5. The van der Waals surface area contributed by atoms with E-state index in [0.717, 1.165) is 0 Å². The maximum absolute atomic E-state index is 13.0. The van der Waals surface area contributed by atoms with Gasteiger partial charge in [-0.25, -0.2) is 8.78 Å². The van der Waals surface area contributed by atoms with Crippen LogP contribution in [0.3, 0.4) is 0 Å². The highest BCUT2D eigenvalue weighted by Crippen LogP contribution is 2.26. The van der Waals surface area contributed by atoms with E-state index >= 15 is 0 Å². The highest BCUT2D eigenvalue weighted by atomic mass is 19.1. The Morgan fingerprint density at radius 1 is 0.950 bits per heavy atom. The van der Waals surface area contributed by atoms with Crippen LogP contribution in [0.25, 0.3) is 0 Å². The lowest BCUT2D eigenvalue weighted by Gasteiger charge is -2.18. The van der Waals surface area contributed by atoms with E-state index in [4.69, 9.17) is 10.5 Å². The average Bonchev–Trinajstić information content (AvgIpc) is 2.42. The number of carbonyl (C=O) groups is 1. The van der Waals surface area contributed by atoms with Crippen molar-refractivity contribution in [3.05, 3.63) is 71.3 Å². The lowest BCUT2D eigenvalue weighted by molar-refractivity contribution is -0.123. The van der Waals surface area contributed by atoms with Crippen LogP contribution in [0.5, 0.6) is 0 Å². The molecule has 3 nitrogen and oxygen atoms in total. The molecule has 0 aromatic heterocycles. The summed E-state index contributed by atoms with van der Waals surface area (Å²) in [5.41, 5.74) is 6.37. The van der Waals surface area contributed by atoms with Crippen LogP contribution in [0, 0.1) is 11.6 Å². The third-order valence-electron chi connectivity index (χ3n) is 2.74. The van der Waals surface area contributed by atoms with E-state index in [1.165, 1.54) is 24.3 Å². The van der Waals surface area contributed by atoms with Crippen LogP contribution in [-0.4, -0.2) is 12.5 Å². The first-order valence-electron chi connectivity index (χ1n) is 5.97. The number of carbonyl (C=O) groups excluding carboxylic acids is 1. The summed E-state index contributed by atoms with van der Waals surface area (Å²) in [5.74, 6) is -1.36. The second-order valence-electron chi connectivity index (χ2n) is 4.26. The molecule has 2 aromatic rings. The molecule has 0 atom stereocenters. The summed E-state index contributed by atoms with van der Waals surface area (Å²) in [7, 11) is 0. The molecule has 0 saturated carbocycles. The predicted molar refractivity (Wildman–Crippen MR) is 69.8 cm³/mol. The molecule has 2 N–H and O–H groups in total. The summed E-state index contributed by atoms with van der Waals surface area (Å²) >= 11 is 0. The van der Waals surface area contributed by atoms with Gasteiger partial charge in [-0.05, 0) is 35.4 Å². The molecule has 0 aliphatic carbocycles. The minimum absolute atomic E-state index is 0.278. The van der Waals surface area contributed by atoms with Crippen LogP contribution >= 0.6 is 0 Å². The Labute approximate surface area is 115 Å². The molecule has 20 heavy (non-hydrogen) atoms. The molecule has 2 rings (SSSR count). The monoisotopic (exact) mass is 277 g/mol. The molecule has 0 spiro atoms. The number of hydrogen-bond acceptors (Lipinski definition) is 2. The second-order valence-corrected chi connectivity index (χ2v) is 4.26. The van der Waals surface area contributed by atoms with Crippen LogP contribution in [-0.2, 0) is 9.53 Å². The van der Waals surface area contributed by atoms with Crippen molar-refractivity contribution in [3.63, 3.8) is 0 Å². The van der Waals surface area contributed by atoms with Crippen molar-refractivity contribution in [3.8, 4) is 0 Å². The Morgan fingerprint density at radius 3 is 1.70 bits per heavy atom. The van der Waals surface area contributed by atoms with Gasteiger partial charge >= 0.3 is 0 Å². The molecule has 0 aliphatic rings. The largest absolute Gasteiger partial charge is 0.368 e. The summed E-state index contributed by atoms with van der Waals surface area (Å²) in [6, 6.07) is 11.3.